The van der Waals surface area contributed by atoms with Crippen molar-refractivity contribution in [3.05, 3.63) is 186 Å². The van der Waals surface area contributed by atoms with Crippen LogP contribution in [-0.4, -0.2) is 15.5 Å². The first-order valence-electron chi connectivity index (χ1n) is 19.2. The van der Waals surface area contributed by atoms with Crippen LogP contribution in [0.1, 0.15) is 54.5 Å². The van der Waals surface area contributed by atoms with Crippen molar-refractivity contribution in [3.63, 3.8) is 0 Å². The predicted octanol–water partition coefficient (Wildman–Crippen LogP) is 13.1. The van der Waals surface area contributed by atoms with Crippen molar-refractivity contribution >= 4 is 49.9 Å². The van der Waals surface area contributed by atoms with Crippen LogP contribution in [0.3, 0.4) is 0 Å². The van der Waals surface area contributed by atoms with Crippen LogP contribution in [0.5, 0.6) is 0 Å². The SMILES string of the molecule is CC1(Nc2ccc3ccccc3c2-c2cccc3ccccc23)C=Cc2c(cccc2-c2nc3ccccc3nc2C2=CCCC(c3ccccc3)C2)C1. The fourth-order valence-corrected chi connectivity index (χ4v) is 8.92. The van der Waals surface area contributed by atoms with Crippen LogP contribution < -0.4 is 5.32 Å². The van der Waals surface area contributed by atoms with Gasteiger partial charge in [-0.05, 0) is 106 Å². The number of benzene rings is 7. The Morgan fingerprint density at radius 2 is 1.28 bits per heavy atom. The molecule has 7 aromatic carbocycles. The average Bonchev–Trinajstić information content (AvgIpc) is 3.23. The lowest BCUT2D eigenvalue weighted by molar-refractivity contribution is 0.626. The van der Waals surface area contributed by atoms with Gasteiger partial charge in [0.1, 0.15) is 0 Å². The molecule has 54 heavy (non-hydrogen) atoms. The van der Waals surface area contributed by atoms with Crippen LogP contribution >= 0.6 is 0 Å². The van der Waals surface area contributed by atoms with Crippen LogP contribution in [0.15, 0.2) is 164 Å². The lowest BCUT2D eigenvalue weighted by Crippen LogP contribution is -2.37. The smallest absolute Gasteiger partial charge is 0.0975 e. The first-order valence-corrected chi connectivity index (χ1v) is 19.2. The first kappa shape index (κ1) is 32.3. The van der Waals surface area contributed by atoms with Gasteiger partial charge in [-0.3, -0.25) is 0 Å². The van der Waals surface area contributed by atoms with E-state index < -0.39 is 0 Å². The molecular weight excluding hydrogens is 655 g/mol. The summed E-state index contributed by atoms with van der Waals surface area (Å²) in [5.74, 6) is 0.470. The molecule has 8 aromatic rings. The molecule has 0 saturated carbocycles. The molecule has 2 aliphatic rings. The highest BCUT2D eigenvalue weighted by Gasteiger charge is 2.30. The third-order valence-electron chi connectivity index (χ3n) is 11.6. The zero-order valence-corrected chi connectivity index (χ0v) is 30.5. The van der Waals surface area contributed by atoms with E-state index in [0.29, 0.717) is 5.92 Å². The molecule has 0 aliphatic heterocycles. The molecule has 1 aromatic heterocycles. The minimum Gasteiger partial charge on any atom is -0.376 e. The highest BCUT2D eigenvalue weighted by Crippen LogP contribution is 2.44. The van der Waals surface area contributed by atoms with Gasteiger partial charge in [-0.15, -0.1) is 0 Å². The molecular formula is C51H41N3. The maximum absolute atomic E-state index is 5.38. The van der Waals surface area contributed by atoms with Crippen molar-refractivity contribution in [2.45, 2.75) is 44.1 Å². The molecule has 2 atom stereocenters. The number of nitrogens with one attached hydrogen (secondary N) is 1. The molecule has 0 radical (unpaired) electrons. The Bertz CT molecular complexity index is 2770. The molecule has 1 N–H and O–H groups in total. The Balaban J connectivity index is 1.05. The number of anilines is 1. The Kier molecular flexibility index (Phi) is 7.95. The number of nitrogens with zero attached hydrogens (tertiary/aromatic N) is 2. The van der Waals surface area contributed by atoms with E-state index in [1.807, 2.05) is 0 Å². The molecule has 1 heterocycles. The summed E-state index contributed by atoms with van der Waals surface area (Å²) >= 11 is 0. The standard InChI is InChI=1S/C51H41N3/c1-51(54-47-29-28-36-17-6-8-23-42(36)48(47)43-24-12-18-35-16-5-7-22-40(35)43)31-30-41-39(33-51)21-13-25-44(41)50-49(52-45-26-9-10-27-46(45)53-50)38-20-11-19-37(32-38)34-14-3-2-4-15-34/h2-10,12-18,20-31,37,54H,11,19,32-33H2,1H3. The van der Waals surface area contributed by atoms with E-state index in [9.17, 15) is 0 Å². The van der Waals surface area contributed by atoms with Crippen molar-refractivity contribution in [2.24, 2.45) is 0 Å². The number of hydrogen-bond donors (Lipinski definition) is 1. The van der Waals surface area contributed by atoms with Crippen LogP contribution in [-0.2, 0) is 6.42 Å². The Hall–Kier alpha value is -6.32. The van der Waals surface area contributed by atoms with Gasteiger partial charge >= 0.3 is 0 Å². The first-order chi connectivity index (χ1) is 26.6. The van der Waals surface area contributed by atoms with Gasteiger partial charge in [-0.1, -0.05) is 152 Å². The highest BCUT2D eigenvalue weighted by atomic mass is 15.0. The van der Waals surface area contributed by atoms with Gasteiger partial charge in [-0.2, -0.15) is 0 Å². The van der Waals surface area contributed by atoms with E-state index in [1.165, 1.54) is 54.9 Å². The molecule has 0 spiro atoms. The highest BCUT2D eigenvalue weighted by molar-refractivity contribution is 6.10. The normalized spacial score (nSPS) is 18.1. The number of aromatic nitrogens is 2. The Labute approximate surface area is 316 Å². The molecule has 3 heteroatoms. The molecule has 10 rings (SSSR count). The maximum atomic E-state index is 5.38. The summed E-state index contributed by atoms with van der Waals surface area (Å²) in [6.45, 7) is 2.32. The average molecular weight is 696 g/mol. The van der Waals surface area contributed by atoms with Gasteiger partial charge in [-0.25, -0.2) is 9.97 Å². The molecule has 0 bridgehead atoms. The predicted molar refractivity (Wildman–Crippen MR) is 228 cm³/mol. The summed E-state index contributed by atoms with van der Waals surface area (Å²) in [6.07, 6.45) is 11.1. The second-order valence-corrected chi connectivity index (χ2v) is 15.2. The molecule has 0 amide bonds. The van der Waals surface area contributed by atoms with E-state index in [0.717, 1.165) is 59.4 Å². The monoisotopic (exact) mass is 695 g/mol. The van der Waals surface area contributed by atoms with E-state index in [2.05, 4.69) is 182 Å². The number of rotatable bonds is 6. The van der Waals surface area contributed by atoms with E-state index in [4.69, 9.17) is 9.97 Å². The molecule has 0 saturated heterocycles. The molecule has 2 aliphatic carbocycles. The Morgan fingerprint density at radius 3 is 2.11 bits per heavy atom. The van der Waals surface area contributed by atoms with Crippen molar-refractivity contribution in [2.75, 3.05) is 5.32 Å². The lowest BCUT2D eigenvalue weighted by atomic mass is 9.80. The fourth-order valence-electron chi connectivity index (χ4n) is 8.92. The summed E-state index contributed by atoms with van der Waals surface area (Å²) in [5.41, 5.74) is 13.5. The van der Waals surface area contributed by atoms with Gasteiger partial charge in [0.05, 0.1) is 28.0 Å². The summed E-state index contributed by atoms with van der Waals surface area (Å²) in [6, 6.07) is 54.6. The number of allylic oxidation sites excluding steroid dienone is 2. The van der Waals surface area contributed by atoms with Crippen LogP contribution in [0, 0.1) is 0 Å². The third kappa shape index (κ3) is 5.77. The van der Waals surface area contributed by atoms with Gasteiger partial charge in [0.15, 0.2) is 0 Å². The van der Waals surface area contributed by atoms with E-state index in [-0.39, 0.29) is 5.54 Å². The van der Waals surface area contributed by atoms with Gasteiger partial charge in [0.2, 0.25) is 0 Å². The molecule has 3 nitrogen and oxygen atoms in total. The van der Waals surface area contributed by atoms with Gasteiger partial charge in [0, 0.05) is 16.8 Å². The Morgan fingerprint density at radius 1 is 0.611 bits per heavy atom. The topological polar surface area (TPSA) is 37.8 Å². The van der Waals surface area contributed by atoms with Gasteiger partial charge < -0.3 is 5.32 Å². The second kappa shape index (κ2) is 13.3. The zero-order chi connectivity index (χ0) is 36.1. The van der Waals surface area contributed by atoms with E-state index >= 15 is 0 Å². The fraction of sp³-hybridized carbons (Fsp3) is 0.137. The van der Waals surface area contributed by atoms with Gasteiger partial charge in [0.25, 0.3) is 0 Å². The van der Waals surface area contributed by atoms with Crippen molar-refractivity contribution in [1.82, 2.24) is 9.97 Å². The van der Waals surface area contributed by atoms with Crippen LogP contribution in [0.25, 0.3) is 66.6 Å². The summed E-state index contributed by atoms with van der Waals surface area (Å²) in [7, 11) is 0. The zero-order valence-electron chi connectivity index (χ0n) is 30.5. The summed E-state index contributed by atoms with van der Waals surface area (Å²) in [4.78, 5) is 10.7. The molecule has 260 valence electrons. The van der Waals surface area contributed by atoms with Crippen LogP contribution in [0.4, 0.5) is 5.69 Å². The summed E-state index contributed by atoms with van der Waals surface area (Å²) < 4.78 is 0. The minimum absolute atomic E-state index is 0.319. The minimum atomic E-state index is -0.319. The number of para-hydroxylation sites is 2. The van der Waals surface area contributed by atoms with E-state index in [1.54, 1.807) is 0 Å². The summed E-state index contributed by atoms with van der Waals surface area (Å²) in [5, 5.41) is 9.05. The molecule has 2 unspecified atom stereocenters. The number of fused-ring (bicyclic) bond motifs is 4. The second-order valence-electron chi connectivity index (χ2n) is 15.2. The number of hydrogen-bond acceptors (Lipinski definition) is 3. The quantitative estimate of drug-likeness (QED) is 0.188. The lowest BCUT2D eigenvalue weighted by Gasteiger charge is -2.34. The largest absolute Gasteiger partial charge is 0.376 e. The van der Waals surface area contributed by atoms with Crippen molar-refractivity contribution in [1.29, 1.82) is 0 Å². The van der Waals surface area contributed by atoms with Crippen LogP contribution in [0.2, 0.25) is 0 Å². The maximum Gasteiger partial charge on any atom is 0.0975 e. The third-order valence-corrected chi connectivity index (χ3v) is 11.6. The van der Waals surface area contributed by atoms with Crippen molar-refractivity contribution in [3.8, 4) is 22.4 Å². The molecule has 0 fully saturated rings. The van der Waals surface area contributed by atoms with Crippen molar-refractivity contribution < 1.29 is 0 Å².